The maximum Gasteiger partial charge on any atom is 0.414 e. The molecule has 20 heavy (non-hydrogen) atoms. The van der Waals surface area contributed by atoms with Crippen LogP contribution in [0.25, 0.3) is 0 Å². The van der Waals surface area contributed by atoms with E-state index in [0.29, 0.717) is 0 Å². The molecule has 0 amide bonds. The Morgan fingerprint density at radius 3 is 1.25 bits per heavy atom. The van der Waals surface area contributed by atoms with Gasteiger partial charge in [-0.15, -0.1) is 0 Å². The van der Waals surface area contributed by atoms with Gasteiger partial charge in [0.15, 0.2) is 0 Å². The summed E-state index contributed by atoms with van der Waals surface area (Å²) in [4.78, 5) is 18.2. The first-order valence-corrected chi connectivity index (χ1v) is 6.84. The van der Waals surface area contributed by atoms with Gasteiger partial charge in [-0.25, -0.2) is 9.59 Å². The third-order valence-corrected chi connectivity index (χ3v) is 3.81. The third-order valence-electron chi connectivity index (χ3n) is 3.81. The molecule has 4 N–H and O–H groups in total. The van der Waals surface area contributed by atoms with E-state index in [-0.39, 0.29) is 0 Å². The van der Waals surface area contributed by atoms with E-state index in [0.717, 1.165) is 23.9 Å². The SMILES string of the molecule is C1=CC2CC1CN2.C1=CC2CC1CN2.O=C(O)C(=O)O. The maximum atomic E-state index is 9.10. The van der Waals surface area contributed by atoms with Crippen LogP contribution in [0, 0.1) is 11.8 Å². The van der Waals surface area contributed by atoms with Crippen molar-refractivity contribution in [1.82, 2.24) is 10.6 Å². The third kappa shape index (κ3) is 4.18. The van der Waals surface area contributed by atoms with Crippen LogP contribution < -0.4 is 10.6 Å². The minimum Gasteiger partial charge on any atom is -0.473 e. The fourth-order valence-corrected chi connectivity index (χ4v) is 2.76. The van der Waals surface area contributed by atoms with Crippen molar-refractivity contribution in [3.63, 3.8) is 0 Å². The summed E-state index contributed by atoms with van der Waals surface area (Å²) in [6.45, 7) is 2.45. The number of nitrogens with one attached hydrogen (secondary N) is 2. The molecule has 6 heteroatoms. The Balaban J connectivity index is 0.000000111. The van der Waals surface area contributed by atoms with Gasteiger partial charge in [-0.05, 0) is 24.7 Å². The standard InChI is InChI=1S/2C6H9N.C2H2O4/c2*1-2-6-3-5(1)4-7-6;3-1(4)2(5)6/h2*1-2,5-7H,3-4H2;(H,3,4)(H,5,6). The van der Waals surface area contributed by atoms with Gasteiger partial charge in [-0.3, -0.25) is 0 Å². The molecule has 4 rings (SSSR count). The summed E-state index contributed by atoms with van der Waals surface area (Å²) in [6, 6.07) is 1.48. The molecule has 0 radical (unpaired) electrons. The monoisotopic (exact) mass is 280 g/mol. The van der Waals surface area contributed by atoms with E-state index in [4.69, 9.17) is 19.8 Å². The van der Waals surface area contributed by atoms with Crippen molar-refractivity contribution >= 4 is 11.9 Å². The van der Waals surface area contributed by atoms with E-state index in [1.165, 1.54) is 25.9 Å². The Morgan fingerprint density at radius 1 is 0.800 bits per heavy atom. The largest absolute Gasteiger partial charge is 0.473 e. The molecule has 2 fully saturated rings. The molecule has 0 aromatic heterocycles. The van der Waals surface area contributed by atoms with Crippen molar-refractivity contribution in [2.24, 2.45) is 11.8 Å². The van der Waals surface area contributed by atoms with E-state index in [1.54, 1.807) is 0 Å². The molecular formula is C14H20N2O4. The van der Waals surface area contributed by atoms with Crippen LogP contribution >= 0.6 is 0 Å². The average molecular weight is 280 g/mol. The second-order valence-electron chi connectivity index (χ2n) is 5.40. The molecule has 2 aliphatic heterocycles. The molecule has 0 aromatic rings. The summed E-state index contributed by atoms with van der Waals surface area (Å²) in [5.41, 5.74) is 0. The molecule has 6 nitrogen and oxygen atoms in total. The lowest BCUT2D eigenvalue weighted by molar-refractivity contribution is -0.159. The first kappa shape index (κ1) is 14.7. The Kier molecular flexibility index (Phi) is 4.92. The average Bonchev–Trinajstić information content (AvgIpc) is 3.22. The molecule has 4 aliphatic rings. The second-order valence-corrected chi connectivity index (χ2v) is 5.40. The van der Waals surface area contributed by atoms with Crippen LogP contribution in [0.15, 0.2) is 24.3 Å². The summed E-state index contributed by atoms with van der Waals surface area (Å²) >= 11 is 0. The number of fused-ring (bicyclic) bond motifs is 4. The molecule has 4 atom stereocenters. The predicted octanol–water partition coefficient (Wildman–Crippen LogP) is 0.224. The van der Waals surface area contributed by atoms with Gasteiger partial charge in [-0.1, -0.05) is 24.3 Å². The van der Waals surface area contributed by atoms with Gasteiger partial charge in [0.25, 0.3) is 0 Å². The lowest BCUT2D eigenvalue weighted by atomic mass is 10.2. The lowest BCUT2D eigenvalue weighted by Gasteiger charge is -2.00. The van der Waals surface area contributed by atoms with Crippen LogP contribution in [-0.4, -0.2) is 47.3 Å². The molecule has 0 spiro atoms. The van der Waals surface area contributed by atoms with Crippen LogP contribution in [-0.2, 0) is 9.59 Å². The summed E-state index contributed by atoms with van der Waals surface area (Å²) in [7, 11) is 0. The van der Waals surface area contributed by atoms with Crippen LogP contribution in [0.4, 0.5) is 0 Å². The van der Waals surface area contributed by atoms with E-state index in [9.17, 15) is 0 Å². The van der Waals surface area contributed by atoms with Crippen LogP contribution in [0.3, 0.4) is 0 Å². The Bertz CT molecular complexity index is 369. The van der Waals surface area contributed by atoms with E-state index in [1.807, 2.05) is 0 Å². The van der Waals surface area contributed by atoms with E-state index >= 15 is 0 Å². The molecule has 2 saturated heterocycles. The van der Waals surface area contributed by atoms with Crippen LogP contribution in [0.5, 0.6) is 0 Å². The molecule has 0 aromatic carbocycles. The summed E-state index contributed by atoms with van der Waals surface area (Å²) < 4.78 is 0. The zero-order valence-corrected chi connectivity index (χ0v) is 11.2. The smallest absolute Gasteiger partial charge is 0.414 e. The number of carbonyl (C=O) groups is 2. The number of carboxylic acid groups (broad SMARTS) is 2. The maximum absolute atomic E-state index is 9.10. The second kappa shape index (κ2) is 6.67. The number of hydrogen-bond donors (Lipinski definition) is 4. The molecule has 110 valence electrons. The topological polar surface area (TPSA) is 98.7 Å². The zero-order valence-electron chi connectivity index (χ0n) is 11.2. The summed E-state index contributed by atoms with van der Waals surface area (Å²) in [6.07, 6.45) is 11.9. The van der Waals surface area contributed by atoms with Gasteiger partial charge in [0, 0.05) is 25.2 Å². The predicted molar refractivity (Wildman–Crippen MR) is 73.3 cm³/mol. The minimum atomic E-state index is -1.82. The van der Waals surface area contributed by atoms with Crippen molar-refractivity contribution in [2.45, 2.75) is 24.9 Å². The molecule has 4 bridgehead atoms. The quantitative estimate of drug-likeness (QED) is 0.374. The number of rotatable bonds is 0. The number of aliphatic carboxylic acids is 2. The van der Waals surface area contributed by atoms with E-state index in [2.05, 4.69) is 34.9 Å². The summed E-state index contributed by atoms with van der Waals surface area (Å²) in [5, 5.41) is 21.5. The first-order valence-electron chi connectivity index (χ1n) is 6.84. The summed E-state index contributed by atoms with van der Waals surface area (Å²) in [5.74, 6) is -1.89. The highest BCUT2D eigenvalue weighted by molar-refractivity contribution is 6.27. The highest BCUT2D eigenvalue weighted by Gasteiger charge is 2.25. The van der Waals surface area contributed by atoms with Crippen molar-refractivity contribution in [3.05, 3.63) is 24.3 Å². The highest BCUT2D eigenvalue weighted by Crippen LogP contribution is 2.23. The molecule has 0 saturated carbocycles. The van der Waals surface area contributed by atoms with E-state index < -0.39 is 11.9 Å². The lowest BCUT2D eigenvalue weighted by Crippen LogP contribution is -2.20. The van der Waals surface area contributed by atoms with Gasteiger partial charge in [0.2, 0.25) is 0 Å². The van der Waals surface area contributed by atoms with Crippen LogP contribution in [0.2, 0.25) is 0 Å². The molecular weight excluding hydrogens is 260 g/mol. The van der Waals surface area contributed by atoms with Crippen molar-refractivity contribution in [1.29, 1.82) is 0 Å². The van der Waals surface area contributed by atoms with Gasteiger partial charge >= 0.3 is 11.9 Å². The van der Waals surface area contributed by atoms with Crippen molar-refractivity contribution < 1.29 is 19.8 Å². The number of carboxylic acids is 2. The number of hydrogen-bond acceptors (Lipinski definition) is 4. The molecule has 4 unspecified atom stereocenters. The normalized spacial score (nSPS) is 34.2. The fraction of sp³-hybridized carbons (Fsp3) is 0.571. The van der Waals surface area contributed by atoms with Crippen molar-refractivity contribution in [3.8, 4) is 0 Å². The Labute approximate surface area is 117 Å². The van der Waals surface area contributed by atoms with Crippen LogP contribution in [0.1, 0.15) is 12.8 Å². The van der Waals surface area contributed by atoms with Crippen molar-refractivity contribution in [2.75, 3.05) is 13.1 Å². The first-order chi connectivity index (χ1) is 9.54. The molecule has 2 heterocycles. The minimum absolute atomic E-state index is 0.741. The Morgan fingerprint density at radius 2 is 1.20 bits per heavy atom. The highest BCUT2D eigenvalue weighted by atomic mass is 16.4. The van der Waals surface area contributed by atoms with Gasteiger partial charge in [0.1, 0.15) is 0 Å². The van der Waals surface area contributed by atoms with Gasteiger partial charge < -0.3 is 20.8 Å². The van der Waals surface area contributed by atoms with Gasteiger partial charge in [0.05, 0.1) is 0 Å². The fourth-order valence-electron chi connectivity index (χ4n) is 2.76. The Hall–Kier alpha value is -1.66. The molecule has 2 aliphatic carbocycles. The zero-order chi connectivity index (χ0) is 14.5. The van der Waals surface area contributed by atoms with Gasteiger partial charge in [-0.2, -0.15) is 0 Å².